The van der Waals surface area contributed by atoms with Gasteiger partial charge in [0, 0.05) is 19.3 Å². The van der Waals surface area contributed by atoms with Crippen LogP contribution in [-0.4, -0.2) is 44.9 Å². The van der Waals surface area contributed by atoms with Crippen LogP contribution in [0.15, 0.2) is 12.4 Å². The van der Waals surface area contributed by atoms with Crippen molar-refractivity contribution in [3.05, 3.63) is 12.4 Å². The second-order valence-corrected chi connectivity index (χ2v) is 4.61. The van der Waals surface area contributed by atoms with Crippen molar-refractivity contribution in [1.29, 1.82) is 0 Å². The molecule has 1 aromatic rings. The van der Waals surface area contributed by atoms with Gasteiger partial charge in [-0.15, -0.1) is 0 Å². The summed E-state index contributed by atoms with van der Waals surface area (Å²) in [6.07, 6.45) is 3.59. The van der Waals surface area contributed by atoms with E-state index in [9.17, 15) is 9.59 Å². The van der Waals surface area contributed by atoms with E-state index < -0.39 is 18.0 Å². The molecule has 7 heteroatoms. The highest BCUT2D eigenvalue weighted by Gasteiger charge is 2.24. The summed E-state index contributed by atoms with van der Waals surface area (Å²) in [5, 5.41) is 15.7. The van der Waals surface area contributed by atoms with Gasteiger partial charge in [-0.05, 0) is 20.3 Å². The van der Waals surface area contributed by atoms with Crippen LogP contribution in [0.3, 0.4) is 0 Å². The van der Waals surface area contributed by atoms with Crippen LogP contribution >= 0.6 is 0 Å². The molecule has 0 aromatic carbocycles. The first-order valence-corrected chi connectivity index (χ1v) is 6.17. The zero-order valence-electron chi connectivity index (χ0n) is 11.6. The average Bonchev–Trinajstić information content (AvgIpc) is 2.77. The fraction of sp³-hybridized carbons (Fsp3) is 0.583. The molecule has 1 rings (SSSR count). The van der Waals surface area contributed by atoms with Crippen LogP contribution in [0.25, 0.3) is 0 Å². The number of rotatable bonds is 5. The summed E-state index contributed by atoms with van der Waals surface area (Å²) >= 11 is 0. The molecule has 0 fully saturated rings. The Morgan fingerprint density at radius 3 is 2.58 bits per heavy atom. The number of carbonyl (C=O) groups excluding carboxylic acids is 1. The predicted octanol–water partition coefficient (Wildman–Crippen LogP) is 1.79. The van der Waals surface area contributed by atoms with E-state index in [2.05, 4.69) is 10.4 Å². The number of hydrogen-bond acceptors (Lipinski definition) is 3. The van der Waals surface area contributed by atoms with Gasteiger partial charge >= 0.3 is 12.0 Å². The van der Waals surface area contributed by atoms with E-state index in [0.717, 1.165) is 0 Å². The number of nitrogens with zero attached hydrogens (tertiary/aromatic N) is 3. The number of amides is 2. The van der Waals surface area contributed by atoms with Crippen molar-refractivity contribution in [2.45, 2.75) is 39.3 Å². The van der Waals surface area contributed by atoms with Crippen molar-refractivity contribution < 1.29 is 14.7 Å². The zero-order chi connectivity index (χ0) is 14.6. The Kier molecular flexibility index (Phi) is 4.91. The third-order valence-corrected chi connectivity index (χ3v) is 2.84. The van der Waals surface area contributed by atoms with Gasteiger partial charge in [0.15, 0.2) is 0 Å². The number of carbonyl (C=O) groups is 2. The molecular weight excluding hydrogens is 248 g/mol. The number of carboxylic acid groups (broad SMARTS) is 1. The van der Waals surface area contributed by atoms with Gasteiger partial charge < -0.3 is 15.3 Å². The van der Waals surface area contributed by atoms with Crippen LogP contribution in [0.2, 0.25) is 0 Å². The van der Waals surface area contributed by atoms with Crippen LogP contribution in [0.5, 0.6) is 0 Å². The van der Waals surface area contributed by atoms with Crippen LogP contribution in [0.4, 0.5) is 10.5 Å². The van der Waals surface area contributed by atoms with Crippen molar-refractivity contribution in [1.82, 2.24) is 14.7 Å². The van der Waals surface area contributed by atoms with Gasteiger partial charge in [0.05, 0.1) is 11.9 Å². The highest BCUT2D eigenvalue weighted by molar-refractivity contribution is 5.91. The highest BCUT2D eigenvalue weighted by Crippen LogP contribution is 2.11. The van der Waals surface area contributed by atoms with Crippen LogP contribution in [0.1, 0.15) is 33.2 Å². The normalized spacial score (nSPS) is 12.3. The number of carboxylic acids is 1. The topological polar surface area (TPSA) is 87.5 Å². The van der Waals surface area contributed by atoms with Crippen molar-refractivity contribution in [3.63, 3.8) is 0 Å². The molecule has 0 radical (unpaired) electrons. The summed E-state index contributed by atoms with van der Waals surface area (Å²) in [4.78, 5) is 24.1. The molecule has 0 spiro atoms. The molecule has 7 nitrogen and oxygen atoms in total. The van der Waals surface area contributed by atoms with Crippen LogP contribution in [-0.2, 0) is 4.79 Å². The second-order valence-electron chi connectivity index (χ2n) is 4.61. The highest BCUT2D eigenvalue weighted by atomic mass is 16.4. The summed E-state index contributed by atoms with van der Waals surface area (Å²) in [6, 6.07) is -1.09. The summed E-state index contributed by atoms with van der Waals surface area (Å²) in [5.41, 5.74) is 0.547. The first-order valence-electron chi connectivity index (χ1n) is 6.17. The molecule has 0 saturated heterocycles. The molecule has 2 N–H and O–H groups in total. The van der Waals surface area contributed by atoms with Crippen LogP contribution < -0.4 is 5.32 Å². The number of aromatic nitrogens is 2. The zero-order valence-corrected chi connectivity index (χ0v) is 11.6. The van der Waals surface area contributed by atoms with Gasteiger partial charge in [-0.2, -0.15) is 5.10 Å². The second kappa shape index (κ2) is 6.21. The third-order valence-electron chi connectivity index (χ3n) is 2.84. The fourth-order valence-corrected chi connectivity index (χ4v) is 1.65. The molecule has 1 unspecified atom stereocenters. The molecule has 106 valence electrons. The lowest BCUT2D eigenvalue weighted by molar-refractivity contribution is -0.141. The van der Waals surface area contributed by atoms with Gasteiger partial charge in [0.1, 0.15) is 6.04 Å². The fourth-order valence-electron chi connectivity index (χ4n) is 1.65. The molecule has 0 aliphatic carbocycles. The van der Waals surface area contributed by atoms with E-state index in [1.807, 2.05) is 13.8 Å². The molecule has 0 saturated carbocycles. The minimum Gasteiger partial charge on any atom is -0.480 e. The largest absolute Gasteiger partial charge is 0.480 e. The van der Waals surface area contributed by atoms with E-state index in [1.165, 1.54) is 18.1 Å². The summed E-state index contributed by atoms with van der Waals surface area (Å²) < 4.78 is 1.71. The number of anilines is 1. The number of aliphatic carboxylic acids is 1. The molecule has 1 heterocycles. The van der Waals surface area contributed by atoms with Crippen molar-refractivity contribution in [3.8, 4) is 0 Å². The number of urea groups is 1. The SMILES string of the molecule is CCC(C(=O)O)N(C)C(=O)Nc1cnn(C(C)C)c1. The lowest BCUT2D eigenvalue weighted by Crippen LogP contribution is -2.44. The smallest absolute Gasteiger partial charge is 0.326 e. The Morgan fingerprint density at radius 1 is 1.53 bits per heavy atom. The van der Waals surface area contributed by atoms with E-state index in [-0.39, 0.29) is 6.04 Å². The minimum absolute atomic E-state index is 0.200. The molecule has 1 aromatic heterocycles. The first kappa shape index (κ1) is 15.0. The number of nitrogens with one attached hydrogen (secondary N) is 1. The number of likely N-dealkylation sites (N-methyl/N-ethyl adjacent to an activating group) is 1. The van der Waals surface area contributed by atoms with E-state index in [4.69, 9.17) is 5.11 Å². The van der Waals surface area contributed by atoms with Crippen LogP contribution in [0, 0.1) is 0 Å². The number of hydrogen-bond donors (Lipinski definition) is 2. The van der Waals surface area contributed by atoms with E-state index in [0.29, 0.717) is 12.1 Å². The van der Waals surface area contributed by atoms with Gasteiger partial charge in [0.25, 0.3) is 0 Å². The Bertz CT molecular complexity index is 456. The Labute approximate surface area is 112 Å². The molecule has 0 aliphatic rings. The average molecular weight is 268 g/mol. The van der Waals surface area contributed by atoms with E-state index >= 15 is 0 Å². The predicted molar refractivity (Wildman–Crippen MR) is 71.1 cm³/mol. The lowest BCUT2D eigenvalue weighted by Gasteiger charge is -2.23. The van der Waals surface area contributed by atoms with Crippen molar-refractivity contribution >= 4 is 17.7 Å². The van der Waals surface area contributed by atoms with Gasteiger partial charge in [-0.25, -0.2) is 9.59 Å². The Balaban J connectivity index is 2.70. The van der Waals surface area contributed by atoms with Crippen molar-refractivity contribution in [2.24, 2.45) is 0 Å². The quantitative estimate of drug-likeness (QED) is 0.852. The molecule has 2 amide bonds. The van der Waals surface area contributed by atoms with Gasteiger partial charge in [-0.3, -0.25) is 4.68 Å². The molecule has 0 bridgehead atoms. The van der Waals surface area contributed by atoms with Gasteiger partial charge in [-0.1, -0.05) is 6.92 Å². The molecule has 1 atom stereocenters. The van der Waals surface area contributed by atoms with E-state index in [1.54, 1.807) is 17.8 Å². The molecular formula is C12H20N4O3. The molecule has 0 aliphatic heterocycles. The maximum atomic E-state index is 11.9. The Morgan fingerprint density at radius 2 is 2.16 bits per heavy atom. The maximum absolute atomic E-state index is 11.9. The lowest BCUT2D eigenvalue weighted by atomic mass is 10.2. The monoisotopic (exact) mass is 268 g/mol. The molecule has 19 heavy (non-hydrogen) atoms. The minimum atomic E-state index is -1.02. The maximum Gasteiger partial charge on any atom is 0.326 e. The summed E-state index contributed by atoms with van der Waals surface area (Å²) in [5.74, 6) is -1.02. The van der Waals surface area contributed by atoms with Gasteiger partial charge in [0.2, 0.25) is 0 Å². The standard InChI is InChI=1S/C12H20N4O3/c1-5-10(11(17)18)15(4)12(19)14-9-6-13-16(7-9)8(2)3/h6-8,10H,5H2,1-4H3,(H,14,19)(H,17,18). The third kappa shape index (κ3) is 3.70. The first-order chi connectivity index (χ1) is 8.86. The van der Waals surface area contributed by atoms with Crippen molar-refractivity contribution in [2.75, 3.05) is 12.4 Å². The summed E-state index contributed by atoms with van der Waals surface area (Å²) in [6.45, 7) is 5.67. The summed E-state index contributed by atoms with van der Waals surface area (Å²) in [7, 11) is 1.46. The Hall–Kier alpha value is -2.05.